The third-order valence-corrected chi connectivity index (χ3v) is 4.75. The van der Waals surface area contributed by atoms with Crippen molar-refractivity contribution >= 4 is 33.3 Å². The number of sulfonamides is 1. The molecule has 5 nitrogen and oxygen atoms in total. The number of hydrogen-bond donors (Lipinski definition) is 1. The number of methoxy groups -OCH3 is 1. The highest BCUT2D eigenvalue weighted by Gasteiger charge is 2.32. The van der Waals surface area contributed by atoms with Gasteiger partial charge in [0.1, 0.15) is 0 Å². The van der Waals surface area contributed by atoms with E-state index in [1.165, 1.54) is 24.3 Å². The molecule has 0 saturated carbocycles. The predicted molar refractivity (Wildman–Crippen MR) is 85.0 cm³/mol. The zero-order chi connectivity index (χ0) is 18.8. The Kier molecular flexibility index (Phi) is 5.28. The van der Waals surface area contributed by atoms with Crippen molar-refractivity contribution < 1.29 is 31.1 Å². The fraction of sp³-hybridized carbons (Fsp3) is 0.133. The first-order valence-corrected chi connectivity index (χ1v) is 8.48. The molecule has 25 heavy (non-hydrogen) atoms. The van der Waals surface area contributed by atoms with E-state index in [0.717, 1.165) is 13.2 Å². The van der Waals surface area contributed by atoms with Gasteiger partial charge in [-0.25, -0.2) is 13.2 Å². The summed E-state index contributed by atoms with van der Waals surface area (Å²) in [6.07, 6.45) is -4.71. The number of ether oxygens (including phenoxy) is 1. The van der Waals surface area contributed by atoms with Crippen LogP contribution in [0, 0.1) is 0 Å². The van der Waals surface area contributed by atoms with E-state index >= 15 is 0 Å². The average molecular weight is 394 g/mol. The standard InChI is InChI=1S/C15H11ClF3NO4S/c1-24-14(21)12-7-2-9(15(17,18)19)8-13(12)20-25(22,23)11-5-3-10(16)4-6-11/h2-8,20H,1H3. The first-order valence-electron chi connectivity index (χ1n) is 6.62. The van der Waals surface area contributed by atoms with Gasteiger partial charge in [-0.15, -0.1) is 0 Å². The lowest BCUT2D eigenvalue weighted by atomic mass is 10.1. The second kappa shape index (κ2) is 6.93. The Morgan fingerprint density at radius 1 is 1.12 bits per heavy atom. The number of anilines is 1. The van der Waals surface area contributed by atoms with Gasteiger partial charge in [-0.05, 0) is 42.5 Å². The zero-order valence-electron chi connectivity index (χ0n) is 12.6. The Labute approximate surface area is 146 Å². The van der Waals surface area contributed by atoms with E-state index in [2.05, 4.69) is 4.74 Å². The molecule has 1 N–H and O–H groups in total. The van der Waals surface area contributed by atoms with Crippen LogP contribution in [-0.2, 0) is 20.9 Å². The van der Waals surface area contributed by atoms with E-state index in [9.17, 15) is 26.4 Å². The van der Waals surface area contributed by atoms with Crippen LogP contribution in [0.25, 0.3) is 0 Å². The zero-order valence-corrected chi connectivity index (χ0v) is 14.2. The van der Waals surface area contributed by atoms with Crippen molar-refractivity contribution in [2.45, 2.75) is 11.1 Å². The molecule has 0 amide bonds. The van der Waals surface area contributed by atoms with Gasteiger partial charge in [-0.2, -0.15) is 13.2 Å². The van der Waals surface area contributed by atoms with E-state index < -0.39 is 33.4 Å². The second-order valence-electron chi connectivity index (χ2n) is 4.81. The van der Waals surface area contributed by atoms with Crippen LogP contribution < -0.4 is 4.72 Å². The molecular weight excluding hydrogens is 383 g/mol. The lowest BCUT2D eigenvalue weighted by Crippen LogP contribution is -2.17. The number of esters is 1. The number of alkyl halides is 3. The minimum atomic E-state index is -4.71. The van der Waals surface area contributed by atoms with Crippen molar-refractivity contribution in [3.8, 4) is 0 Å². The SMILES string of the molecule is COC(=O)c1ccc(C(F)(F)F)cc1NS(=O)(=O)c1ccc(Cl)cc1. The molecule has 0 atom stereocenters. The Balaban J connectivity index is 2.52. The van der Waals surface area contributed by atoms with Crippen molar-refractivity contribution in [2.75, 3.05) is 11.8 Å². The normalized spacial score (nSPS) is 11.9. The number of carbonyl (C=O) groups is 1. The van der Waals surface area contributed by atoms with Gasteiger partial charge in [0.25, 0.3) is 10.0 Å². The van der Waals surface area contributed by atoms with Gasteiger partial charge in [-0.3, -0.25) is 4.72 Å². The van der Waals surface area contributed by atoms with Crippen LogP contribution in [0.15, 0.2) is 47.4 Å². The molecule has 0 saturated heterocycles. The highest BCUT2D eigenvalue weighted by Crippen LogP contribution is 2.33. The smallest absolute Gasteiger partial charge is 0.416 e. The lowest BCUT2D eigenvalue weighted by Gasteiger charge is -2.14. The van der Waals surface area contributed by atoms with Crippen molar-refractivity contribution in [1.82, 2.24) is 0 Å². The molecule has 0 aromatic heterocycles. The number of hydrogen-bond acceptors (Lipinski definition) is 4. The van der Waals surface area contributed by atoms with Crippen LogP contribution in [-0.4, -0.2) is 21.5 Å². The number of halogens is 4. The van der Waals surface area contributed by atoms with Gasteiger partial charge < -0.3 is 4.74 Å². The molecule has 0 aliphatic rings. The minimum absolute atomic E-state index is 0.231. The molecule has 2 aromatic carbocycles. The van der Waals surface area contributed by atoms with Crippen LogP contribution in [0.5, 0.6) is 0 Å². The van der Waals surface area contributed by atoms with Crippen LogP contribution in [0.1, 0.15) is 15.9 Å². The molecule has 2 rings (SSSR count). The highest BCUT2D eigenvalue weighted by molar-refractivity contribution is 7.92. The third-order valence-electron chi connectivity index (χ3n) is 3.12. The second-order valence-corrected chi connectivity index (χ2v) is 6.93. The maximum Gasteiger partial charge on any atom is 0.416 e. The van der Waals surface area contributed by atoms with Crippen LogP contribution in [0.3, 0.4) is 0 Å². The van der Waals surface area contributed by atoms with E-state index in [0.29, 0.717) is 12.1 Å². The predicted octanol–water partition coefficient (Wildman–Crippen LogP) is 3.95. The molecule has 0 spiro atoms. The number of nitrogens with one attached hydrogen (secondary N) is 1. The molecule has 0 aliphatic heterocycles. The fourth-order valence-corrected chi connectivity index (χ4v) is 3.11. The molecular formula is C15H11ClF3NO4S. The first kappa shape index (κ1) is 19.1. The van der Waals surface area contributed by atoms with Crippen molar-refractivity contribution in [1.29, 1.82) is 0 Å². The molecule has 0 bridgehead atoms. The van der Waals surface area contributed by atoms with Gasteiger partial charge in [0.05, 0.1) is 28.8 Å². The maximum absolute atomic E-state index is 12.9. The largest absolute Gasteiger partial charge is 0.465 e. The van der Waals surface area contributed by atoms with Gasteiger partial charge in [0, 0.05) is 5.02 Å². The summed E-state index contributed by atoms with van der Waals surface area (Å²) < 4.78 is 69.8. The van der Waals surface area contributed by atoms with Crippen LogP contribution >= 0.6 is 11.6 Å². The van der Waals surface area contributed by atoms with Gasteiger partial charge >= 0.3 is 12.1 Å². The number of benzene rings is 2. The Morgan fingerprint density at radius 3 is 2.24 bits per heavy atom. The van der Waals surface area contributed by atoms with Gasteiger partial charge in [0.15, 0.2) is 0 Å². The topological polar surface area (TPSA) is 72.5 Å². The first-order chi connectivity index (χ1) is 11.5. The minimum Gasteiger partial charge on any atom is -0.465 e. The van der Waals surface area contributed by atoms with Crippen LogP contribution in [0.4, 0.5) is 18.9 Å². The van der Waals surface area contributed by atoms with Gasteiger partial charge in [-0.1, -0.05) is 11.6 Å². The summed E-state index contributed by atoms with van der Waals surface area (Å²) in [4.78, 5) is 11.5. The van der Waals surface area contributed by atoms with E-state index in [1.54, 1.807) is 0 Å². The maximum atomic E-state index is 12.9. The number of carbonyl (C=O) groups excluding carboxylic acids is 1. The molecule has 10 heteroatoms. The van der Waals surface area contributed by atoms with Crippen molar-refractivity contribution in [3.63, 3.8) is 0 Å². The average Bonchev–Trinajstić information content (AvgIpc) is 2.53. The lowest BCUT2D eigenvalue weighted by molar-refractivity contribution is -0.137. The Morgan fingerprint density at radius 2 is 1.72 bits per heavy atom. The molecule has 134 valence electrons. The summed E-state index contributed by atoms with van der Waals surface area (Å²) in [6.45, 7) is 0. The van der Waals surface area contributed by atoms with Crippen LogP contribution in [0.2, 0.25) is 5.02 Å². The molecule has 0 radical (unpaired) electrons. The summed E-state index contributed by atoms with van der Waals surface area (Å²) in [7, 11) is -3.22. The summed E-state index contributed by atoms with van der Waals surface area (Å²) in [6, 6.07) is 7.00. The monoisotopic (exact) mass is 393 g/mol. The quantitative estimate of drug-likeness (QED) is 0.798. The van der Waals surface area contributed by atoms with Crippen molar-refractivity contribution in [3.05, 3.63) is 58.6 Å². The number of rotatable bonds is 4. The van der Waals surface area contributed by atoms with E-state index in [-0.39, 0.29) is 15.5 Å². The van der Waals surface area contributed by atoms with E-state index in [1.807, 2.05) is 4.72 Å². The Bertz CT molecular complexity index is 896. The summed E-state index contributed by atoms with van der Waals surface area (Å²) in [5.41, 5.74) is -2.02. The third kappa shape index (κ3) is 4.43. The highest BCUT2D eigenvalue weighted by atomic mass is 35.5. The van der Waals surface area contributed by atoms with E-state index in [4.69, 9.17) is 11.6 Å². The molecule has 0 unspecified atom stereocenters. The van der Waals surface area contributed by atoms with Crippen molar-refractivity contribution in [2.24, 2.45) is 0 Å². The molecule has 0 heterocycles. The van der Waals surface area contributed by atoms with Gasteiger partial charge in [0.2, 0.25) is 0 Å². The summed E-state index contributed by atoms with van der Waals surface area (Å²) in [5, 5.41) is 0.285. The summed E-state index contributed by atoms with van der Waals surface area (Å²) in [5.74, 6) is -0.984. The fourth-order valence-electron chi connectivity index (χ4n) is 1.91. The Hall–Kier alpha value is -2.26. The molecule has 0 fully saturated rings. The molecule has 0 aliphatic carbocycles. The molecule has 2 aromatic rings. The summed E-state index contributed by atoms with van der Waals surface area (Å²) >= 11 is 5.68.